The number of hydrogen-bond acceptors (Lipinski definition) is 2. The van der Waals surface area contributed by atoms with Crippen molar-refractivity contribution >= 4 is 12.5 Å². The summed E-state index contributed by atoms with van der Waals surface area (Å²) >= 11 is 0. The molecule has 0 radical (unpaired) electrons. The van der Waals surface area contributed by atoms with Gasteiger partial charge in [-0.1, -0.05) is 56.2 Å². The van der Waals surface area contributed by atoms with Crippen molar-refractivity contribution < 1.29 is 9.53 Å². The van der Waals surface area contributed by atoms with E-state index in [2.05, 4.69) is 6.92 Å². The summed E-state index contributed by atoms with van der Waals surface area (Å²) < 4.78 is 5.04. The molecule has 0 heterocycles. The fourth-order valence-electron chi connectivity index (χ4n) is 1.66. The minimum atomic E-state index is -0.0979. The van der Waals surface area contributed by atoms with Crippen LogP contribution in [-0.4, -0.2) is 12.6 Å². The second kappa shape index (κ2) is 8.57. The van der Waals surface area contributed by atoms with Crippen LogP contribution >= 0.6 is 0 Å². The molecule has 2 nitrogen and oxygen atoms in total. The van der Waals surface area contributed by atoms with E-state index in [9.17, 15) is 4.79 Å². The van der Waals surface area contributed by atoms with Crippen molar-refractivity contribution in [3.63, 3.8) is 0 Å². The zero-order valence-electron chi connectivity index (χ0n) is 10.3. The van der Waals surface area contributed by atoms with Gasteiger partial charge in [0.2, 0.25) is 0 Å². The van der Waals surface area contributed by atoms with Crippen LogP contribution in [0.3, 0.4) is 0 Å². The molecule has 0 spiro atoms. The van der Waals surface area contributed by atoms with Crippen LogP contribution in [0.25, 0.3) is 6.08 Å². The van der Waals surface area contributed by atoms with Crippen LogP contribution in [0, 0.1) is 0 Å². The molecule has 1 atom stereocenters. The van der Waals surface area contributed by atoms with Gasteiger partial charge in [-0.3, -0.25) is 4.79 Å². The Kier molecular flexibility index (Phi) is 6.80. The zero-order valence-corrected chi connectivity index (χ0v) is 10.3. The van der Waals surface area contributed by atoms with Crippen molar-refractivity contribution in [2.24, 2.45) is 0 Å². The average Bonchev–Trinajstić information content (AvgIpc) is 2.37. The summed E-state index contributed by atoms with van der Waals surface area (Å²) in [6.45, 7) is 2.70. The van der Waals surface area contributed by atoms with Crippen molar-refractivity contribution in [3.8, 4) is 0 Å². The molecule has 92 valence electrons. The van der Waals surface area contributed by atoms with Gasteiger partial charge in [0, 0.05) is 0 Å². The van der Waals surface area contributed by atoms with Gasteiger partial charge >= 0.3 is 0 Å². The Morgan fingerprint density at radius 3 is 2.65 bits per heavy atom. The molecular weight excluding hydrogens is 212 g/mol. The van der Waals surface area contributed by atoms with E-state index < -0.39 is 0 Å². The number of ether oxygens (including phenoxy) is 1. The standard InChI is InChI=1S/C15H20O2/c1-2-3-5-10-15(17-13-16)12-11-14-8-6-4-7-9-14/h4,6-9,11-13,15H,2-3,5,10H2,1H3/b12-11+. The molecular formula is C15H20O2. The maximum absolute atomic E-state index is 10.4. The Labute approximate surface area is 103 Å². The molecule has 0 bridgehead atoms. The predicted molar refractivity (Wildman–Crippen MR) is 70.6 cm³/mol. The van der Waals surface area contributed by atoms with Gasteiger partial charge in [0.05, 0.1) is 0 Å². The fraction of sp³-hybridized carbons (Fsp3) is 0.400. The summed E-state index contributed by atoms with van der Waals surface area (Å²) in [7, 11) is 0. The molecule has 1 unspecified atom stereocenters. The summed E-state index contributed by atoms with van der Waals surface area (Å²) in [5.41, 5.74) is 1.13. The smallest absolute Gasteiger partial charge is 0.293 e. The first kappa shape index (κ1) is 13.5. The normalized spacial score (nSPS) is 12.5. The molecule has 0 saturated carbocycles. The van der Waals surface area contributed by atoms with E-state index in [4.69, 9.17) is 4.74 Å². The molecule has 0 amide bonds. The third-order valence-electron chi connectivity index (χ3n) is 2.63. The molecule has 1 aromatic rings. The van der Waals surface area contributed by atoms with Crippen LogP contribution in [0.5, 0.6) is 0 Å². The zero-order chi connectivity index (χ0) is 12.3. The van der Waals surface area contributed by atoms with Crippen molar-refractivity contribution in [1.29, 1.82) is 0 Å². The summed E-state index contributed by atoms with van der Waals surface area (Å²) in [6, 6.07) is 10.0. The van der Waals surface area contributed by atoms with Gasteiger partial charge in [-0.25, -0.2) is 0 Å². The monoisotopic (exact) mass is 232 g/mol. The van der Waals surface area contributed by atoms with Crippen LogP contribution in [0.2, 0.25) is 0 Å². The van der Waals surface area contributed by atoms with Gasteiger partial charge in [0.25, 0.3) is 6.47 Å². The number of hydrogen-bond donors (Lipinski definition) is 0. The fourth-order valence-corrected chi connectivity index (χ4v) is 1.66. The topological polar surface area (TPSA) is 26.3 Å². The largest absolute Gasteiger partial charge is 0.460 e. The Hall–Kier alpha value is -1.57. The Morgan fingerprint density at radius 2 is 2.00 bits per heavy atom. The van der Waals surface area contributed by atoms with Gasteiger partial charge < -0.3 is 4.74 Å². The lowest BCUT2D eigenvalue weighted by molar-refractivity contribution is -0.131. The van der Waals surface area contributed by atoms with E-state index in [0.717, 1.165) is 18.4 Å². The predicted octanol–water partition coefficient (Wildman–Crippen LogP) is 3.82. The molecule has 0 fully saturated rings. The Balaban J connectivity index is 2.47. The molecule has 17 heavy (non-hydrogen) atoms. The Bertz CT molecular complexity index is 330. The van der Waals surface area contributed by atoms with Crippen LogP contribution in [-0.2, 0) is 9.53 Å². The highest BCUT2D eigenvalue weighted by Crippen LogP contribution is 2.10. The minimum absolute atomic E-state index is 0.0979. The first-order valence-corrected chi connectivity index (χ1v) is 6.19. The summed E-state index contributed by atoms with van der Waals surface area (Å²) in [6.07, 6.45) is 8.21. The number of carbonyl (C=O) groups is 1. The van der Waals surface area contributed by atoms with Crippen molar-refractivity contribution in [2.45, 2.75) is 38.7 Å². The molecule has 0 aliphatic heterocycles. The molecule has 2 heteroatoms. The molecule has 0 saturated heterocycles. The van der Waals surface area contributed by atoms with Crippen LogP contribution in [0.4, 0.5) is 0 Å². The number of carbonyl (C=O) groups excluding carboxylic acids is 1. The second-order valence-corrected chi connectivity index (χ2v) is 4.04. The van der Waals surface area contributed by atoms with Gasteiger partial charge in [0.1, 0.15) is 6.10 Å². The lowest BCUT2D eigenvalue weighted by atomic mass is 10.1. The van der Waals surface area contributed by atoms with Gasteiger partial charge in [-0.15, -0.1) is 0 Å². The van der Waals surface area contributed by atoms with Gasteiger partial charge in [-0.2, -0.15) is 0 Å². The lowest BCUT2D eigenvalue weighted by Gasteiger charge is -2.10. The minimum Gasteiger partial charge on any atom is -0.460 e. The number of benzene rings is 1. The maximum Gasteiger partial charge on any atom is 0.293 e. The van der Waals surface area contributed by atoms with Gasteiger partial charge in [0.15, 0.2) is 0 Å². The average molecular weight is 232 g/mol. The van der Waals surface area contributed by atoms with Crippen LogP contribution in [0.1, 0.15) is 38.2 Å². The molecule has 0 aromatic heterocycles. The molecule has 0 N–H and O–H groups in total. The van der Waals surface area contributed by atoms with E-state index in [-0.39, 0.29) is 6.10 Å². The molecule has 1 aromatic carbocycles. The van der Waals surface area contributed by atoms with Crippen molar-refractivity contribution in [3.05, 3.63) is 42.0 Å². The van der Waals surface area contributed by atoms with Gasteiger partial charge in [-0.05, 0) is 24.5 Å². The van der Waals surface area contributed by atoms with Crippen molar-refractivity contribution in [2.75, 3.05) is 0 Å². The van der Waals surface area contributed by atoms with E-state index in [1.807, 2.05) is 42.5 Å². The van der Waals surface area contributed by atoms with Crippen LogP contribution in [0.15, 0.2) is 36.4 Å². The third kappa shape index (κ3) is 5.91. The SMILES string of the molecule is CCCCCC(/C=C/c1ccccc1)OC=O. The van der Waals surface area contributed by atoms with E-state index in [0.29, 0.717) is 6.47 Å². The quantitative estimate of drug-likeness (QED) is 0.503. The second-order valence-electron chi connectivity index (χ2n) is 4.04. The van der Waals surface area contributed by atoms with Crippen molar-refractivity contribution in [1.82, 2.24) is 0 Å². The molecule has 0 aliphatic rings. The highest BCUT2D eigenvalue weighted by atomic mass is 16.5. The van der Waals surface area contributed by atoms with E-state index in [1.54, 1.807) is 0 Å². The van der Waals surface area contributed by atoms with Crippen LogP contribution < -0.4 is 0 Å². The summed E-state index contributed by atoms with van der Waals surface area (Å²) in [5.74, 6) is 0. The highest BCUT2D eigenvalue weighted by molar-refractivity contribution is 5.50. The Morgan fingerprint density at radius 1 is 1.24 bits per heavy atom. The number of rotatable bonds is 8. The lowest BCUT2D eigenvalue weighted by Crippen LogP contribution is -2.08. The molecule has 1 rings (SSSR count). The maximum atomic E-state index is 10.4. The summed E-state index contributed by atoms with van der Waals surface area (Å²) in [5, 5.41) is 0. The highest BCUT2D eigenvalue weighted by Gasteiger charge is 2.03. The third-order valence-corrected chi connectivity index (χ3v) is 2.63. The van der Waals surface area contributed by atoms with E-state index in [1.165, 1.54) is 12.8 Å². The molecule has 0 aliphatic carbocycles. The first-order chi connectivity index (χ1) is 8.36. The number of unbranched alkanes of at least 4 members (excludes halogenated alkanes) is 2. The summed E-state index contributed by atoms with van der Waals surface area (Å²) in [4.78, 5) is 10.4. The first-order valence-electron chi connectivity index (χ1n) is 6.19. The van der Waals surface area contributed by atoms with E-state index >= 15 is 0 Å².